The highest BCUT2D eigenvalue weighted by atomic mass is 19.3. The summed E-state index contributed by atoms with van der Waals surface area (Å²) in [4.78, 5) is 0. The smallest absolute Gasteiger partial charge is 0.299 e. The Morgan fingerprint density at radius 2 is 1.86 bits per heavy atom. The molecule has 0 saturated heterocycles. The van der Waals surface area contributed by atoms with E-state index >= 15 is 0 Å². The van der Waals surface area contributed by atoms with Crippen molar-refractivity contribution in [2.45, 2.75) is 6.43 Å². The van der Waals surface area contributed by atoms with E-state index in [0.717, 1.165) is 10.6 Å². The summed E-state index contributed by atoms with van der Waals surface area (Å²) in [5, 5.41) is 22.9. The zero-order valence-corrected chi connectivity index (χ0v) is 14.6. The van der Waals surface area contributed by atoms with Gasteiger partial charge in [0.1, 0.15) is 11.8 Å². The van der Waals surface area contributed by atoms with E-state index in [1.165, 1.54) is 24.3 Å². The highest BCUT2D eigenvalue weighted by molar-refractivity contribution is 5.59. The number of benzene rings is 2. The van der Waals surface area contributed by atoms with Crippen molar-refractivity contribution in [1.29, 1.82) is 5.26 Å². The van der Waals surface area contributed by atoms with Gasteiger partial charge in [0.15, 0.2) is 23.0 Å². The van der Waals surface area contributed by atoms with Crippen molar-refractivity contribution in [2.75, 3.05) is 5.32 Å². The second-order valence-electron chi connectivity index (χ2n) is 5.83. The molecule has 0 fully saturated rings. The lowest BCUT2D eigenvalue weighted by atomic mass is 10.2. The average Bonchev–Trinajstić information content (AvgIpc) is 3.14. The highest BCUT2D eigenvalue weighted by Crippen LogP contribution is 2.29. The molecule has 2 heterocycles. The van der Waals surface area contributed by atoms with Gasteiger partial charge in [0.25, 0.3) is 6.43 Å². The van der Waals surface area contributed by atoms with E-state index in [2.05, 4.69) is 20.6 Å². The van der Waals surface area contributed by atoms with Gasteiger partial charge in [-0.1, -0.05) is 12.1 Å². The van der Waals surface area contributed by atoms with Crippen LogP contribution in [-0.4, -0.2) is 19.8 Å². The number of para-hydroxylation sites is 1. The second-order valence-corrected chi connectivity index (χ2v) is 5.83. The Morgan fingerprint density at radius 1 is 1.03 bits per heavy atom. The summed E-state index contributed by atoms with van der Waals surface area (Å²) in [5.41, 5.74) is 0.759. The quantitative estimate of drug-likeness (QED) is 0.530. The van der Waals surface area contributed by atoms with E-state index in [0.29, 0.717) is 5.69 Å². The summed E-state index contributed by atoms with van der Waals surface area (Å²) in [7, 11) is 0. The molecule has 4 aromatic rings. The fraction of sp³-hybridized carbons (Fsp3) is 0.0526. The maximum atomic E-state index is 14.5. The number of ether oxygens (including phenoxy) is 1. The van der Waals surface area contributed by atoms with Crippen LogP contribution in [0.1, 0.15) is 17.8 Å². The molecule has 7 nitrogen and oxygen atoms in total. The standard InChI is InChI=1S/C19H11F3N6O/c20-13-9-12(5-6-15(13)29-14-4-2-1-3-11(14)10-23)24-16-7-8-17-25-26-19(18(21)22)28(17)27-16/h1-9,18H,(H,24,27). The first-order valence-corrected chi connectivity index (χ1v) is 8.29. The zero-order chi connectivity index (χ0) is 20.4. The number of fused-ring (bicyclic) bond motifs is 1. The highest BCUT2D eigenvalue weighted by Gasteiger charge is 2.17. The molecule has 0 aliphatic heterocycles. The van der Waals surface area contributed by atoms with Crippen LogP contribution >= 0.6 is 0 Å². The molecule has 0 spiro atoms. The number of hydrogen-bond donors (Lipinski definition) is 1. The average molecular weight is 396 g/mol. The van der Waals surface area contributed by atoms with Gasteiger partial charge in [0.05, 0.1) is 5.56 Å². The second kappa shape index (κ2) is 7.47. The maximum Gasteiger partial charge on any atom is 0.299 e. The fourth-order valence-electron chi connectivity index (χ4n) is 2.58. The first kappa shape index (κ1) is 18.2. The number of rotatable bonds is 5. The predicted molar refractivity (Wildman–Crippen MR) is 96.7 cm³/mol. The minimum Gasteiger partial charge on any atom is -0.453 e. The lowest BCUT2D eigenvalue weighted by Gasteiger charge is -2.10. The van der Waals surface area contributed by atoms with Gasteiger partial charge in [0, 0.05) is 11.8 Å². The summed E-state index contributed by atoms with van der Waals surface area (Å²) < 4.78 is 46.8. The third kappa shape index (κ3) is 3.66. The summed E-state index contributed by atoms with van der Waals surface area (Å²) in [6, 6.07) is 15.5. The summed E-state index contributed by atoms with van der Waals surface area (Å²) in [6.07, 6.45) is -2.84. The molecule has 2 aromatic heterocycles. The third-order valence-corrected chi connectivity index (χ3v) is 3.91. The molecular formula is C19H11F3N6O. The van der Waals surface area contributed by atoms with E-state index in [1.807, 2.05) is 6.07 Å². The van der Waals surface area contributed by atoms with Crippen molar-refractivity contribution in [3.05, 3.63) is 71.8 Å². The van der Waals surface area contributed by atoms with Crippen molar-refractivity contribution >= 4 is 17.2 Å². The van der Waals surface area contributed by atoms with E-state index < -0.39 is 18.1 Å². The van der Waals surface area contributed by atoms with Crippen LogP contribution in [0.15, 0.2) is 54.6 Å². The number of nitriles is 1. The van der Waals surface area contributed by atoms with E-state index in [-0.39, 0.29) is 28.5 Å². The summed E-state index contributed by atoms with van der Waals surface area (Å²) in [5.74, 6) is -0.910. The molecule has 0 saturated carbocycles. The maximum absolute atomic E-state index is 14.5. The SMILES string of the molecule is N#Cc1ccccc1Oc1ccc(Nc2ccc3nnc(C(F)F)n3n2)cc1F. The van der Waals surface area contributed by atoms with Gasteiger partial charge in [0.2, 0.25) is 5.82 Å². The van der Waals surface area contributed by atoms with Crippen molar-refractivity contribution in [1.82, 2.24) is 19.8 Å². The number of nitrogens with one attached hydrogen (secondary N) is 1. The number of nitrogens with zero attached hydrogens (tertiary/aromatic N) is 5. The third-order valence-electron chi connectivity index (χ3n) is 3.91. The van der Waals surface area contributed by atoms with E-state index in [4.69, 9.17) is 10.00 Å². The minimum absolute atomic E-state index is 0.0690. The fourth-order valence-corrected chi connectivity index (χ4v) is 2.58. The summed E-state index contributed by atoms with van der Waals surface area (Å²) in [6.45, 7) is 0. The van der Waals surface area contributed by atoms with Gasteiger partial charge >= 0.3 is 0 Å². The van der Waals surface area contributed by atoms with E-state index in [9.17, 15) is 13.2 Å². The monoisotopic (exact) mass is 396 g/mol. The van der Waals surface area contributed by atoms with Crippen LogP contribution < -0.4 is 10.1 Å². The van der Waals surface area contributed by atoms with Gasteiger partial charge in [-0.05, 0) is 36.4 Å². The van der Waals surface area contributed by atoms with Crippen LogP contribution in [0.2, 0.25) is 0 Å². The topological polar surface area (TPSA) is 88.1 Å². The number of halogens is 3. The number of anilines is 2. The molecule has 0 aliphatic carbocycles. The number of aromatic nitrogens is 4. The van der Waals surface area contributed by atoms with Crippen LogP contribution in [0.4, 0.5) is 24.7 Å². The molecule has 144 valence electrons. The van der Waals surface area contributed by atoms with E-state index in [1.54, 1.807) is 24.3 Å². The number of alkyl halides is 2. The molecule has 10 heteroatoms. The Labute approximate surface area is 162 Å². The van der Waals surface area contributed by atoms with Gasteiger partial charge in [-0.2, -0.15) is 9.78 Å². The first-order chi connectivity index (χ1) is 14.0. The Kier molecular flexibility index (Phi) is 4.70. The Hall–Kier alpha value is -4.13. The lowest BCUT2D eigenvalue weighted by Crippen LogP contribution is -2.03. The Balaban J connectivity index is 1.58. The zero-order valence-electron chi connectivity index (χ0n) is 14.6. The van der Waals surface area contributed by atoms with Crippen LogP contribution in [0, 0.1) is 17.1 Å². The summed E-state index contributed by atoms with van der Waals surface area (Å²) >= 11 is 0. The van der Waals surface area contributed by atoms with Gasteiger partial charge in [-0.15, -0.1) is 15.3 Å². The van der Waals surface area contributed by atoms with Crippen LogP contribution in [0.3, 0.4) is 0 Å². The minimum atomic E-state index is -2.84. The number of hydrogen-bond acceptors (Lipinski definition) is 6. The Morgan fingerprint density at radius 3 is 2.62 bits per heavy atom. The van der Waals surface area contributed by atoms with Crippen LogP contribution in [0.5, 0.6) is 11.5 Å². The molecule has 1 N–H and O–H groups in total. The largest absolute Gasteiger partial charge is 0.453 e. The molecule has 0 atom stereocenters. The molecule has 0 amide bonds. The van der Waals surface area contributed by atoms with Crippen LogP contribution in [0.25, 0.3) is 5.65 Å². The molecule has 0 aliphatic rings. The van der Waals surface area contributed by atoms with Crippen molar-refractivity contribution in [2.24, 2.45) is 0 Å². The lowest BCUT2D eigenvalue weighted by molar-refractivity contribution is 0.137. The molecule has 0 unspecified atom stereocenters. The molecule has 2 aromatic carbocycles. The van der Waals surface area contributed by atoms with Crippen molar-refractivity contribution in [3.63, 3.8) is 0 Å². The molecule has 29 heavy (non-hydrogen) atoms. The first-order valence-electron chi connectivity index (χ1n) is 8.29. The predicted octanol–water partition coefficient (Wildman–Crippen LogP) is 4.61. The van der Waals surface area contributed by atoms with Gasteiger partial charge in [-0.3, -0.25) is 0 Å². The van der Waals surface area contributed by atoms with Crippen LogP contribution in [-0.2, 0) is 0 Å². The molecular weight excluding hydrogens is 385 g/mol. The van der Waals surface area contributed by atoms with Gasteiger partial charge < -0.3 is 10.1 Å². The molecule has 0 bridgehead atoms. The van der Waals surface area contributed by atoms with Gasteiger partial charge in [-0.25, -0.2) is 13.2 Å². The Bertz CT molecular complexity index is 1230. The van der Waals surface area contributed by atoms with Crippen molar-refractivity contribution in [3.8, 4) is 17.6 Å². The molecule has 4 rings (SSSR count). The normalized spacial score (nSPS) is 10.9. The van der Waals surface area contributed by atoms with Crippen molar-refractivity contribution < 1.29 is 17.9 Å². The molecule has 0 radical (unpaired) electrons.